The van der Waals surface area contributed by atoms with E-state index in [0.29, 0.717) is 12.0 Å². The van der Waals surface area contributed by atoms with Gasteiger partial charge in [0.15, 0.2) is 0 Å². The molecular weight excluding hydrogens is 196 g/mol. The van der Waals surface area contributed by atoms with Crippen LogP contribution in [0.2, 0.25) is 0 Å². The topological polar surface area (TPSA) is 35.8 Å². The molecule has 1 heterocycles. The normalized spacial score (nSPS) is 50.8. The lowest BCUT2D eigenvalue weighted by Crippen LogP contribution is -2.40. The lowest BCUT2D eigenvalue weighted by Gasteiger charge is -2.33. The second-order valence-electron chi connectivity index (χ2n) is 5.95. The molecular formula is C14H22N2. The highest BCUT2D eigenvalue weighted by molar-refractivity contribution is 5.10. The van der Waals surface area contributed by atoms with Crippen molar-refractivity contribution in [3.8, 4) is 6.07 Å². The minimum absolute atomic E-state index is 0.293. The number of hydrogen-bond acceptors (Lipinski definition) is 2. The number of rotatable bonds is 1. The summed E-state index contributed by atoms with van der Waals surface area (Å²) >= 11 is 0. The lowest BCUT2D eigenvalue weighted by atomic mass is 9.71. The molecule has 0 aromatic heterocycles. The average molecular weight is 218 g/mol. The first kappa shape index (κ1) is 10.6. The first-order chi connectivity index (χ1) is 7.85. The van der Waals surface area contributed by atoms with Crippen molar-refractivity contribution in [3.05, 3.63) is 0 Å². The highest BCUT2D eigenvalue weighted by Gasteiger charge is 2.52. The summed E-state index contributed by atoms with van der Waals surface area (Å²) in [4.78, 5) is 0. The second-order valence-corrected chi connectivity index (χ2v) is 5.95. The van der Waals surface area contributed by atoms with E-state index in [9.17, 15) is 5.26 Å². The van der Waals surface area contributed by atoms with E-state index < -0.39 is 0 Å². The van der Waals surface area contributed by atoms with Crippen molar-refractivity contribution in [3.63, 3.8) is 0 Å². The molecule has 1 N–H and O–H groups in total. The van der Waals surface area contributed by atoms with Crippen LogP contribution in [0.15, 0.2) is 0 Å². The molecule has 1 saturated heterocycles. The summed E-state index contributed by atoms with van der Waals surface area (Å²) in [6.45, 7) is 2.34. The molecule has 6 unspecified atom stereocenters. The Balaban J connectivity index is 1.82. The molecule has 0 aromatic carbocycles. The van der Waals surface area contributed by atoms with Gasteiger partial charge in [-0.2, -0.15) is 5.26 Å². The zero-order chi connectivity index (χ0) is 11.1. The van der Waals surface area contributed by atoms with Gasteiger partial charge in [-0.1, -0.05) is 19.8 Å². The highest BCUT2D eigenvalue weighted by Crippen LogP contribution is 2.50. The van der Waals surface area contributed by atoms with Gasteiger partial charge < -0.3 is 5.32 Å². The van der Waals surface area contributed by atoms with Crippen LogP contribution in [-0.2, 0) is 0 Å². The van der Waals surface area contributed by atoms with E-state index in [1.807, 2.05) is 0 Å². The molecule has 0 aromatic rings. The van der Waals surface area contributed by atoms with Gasteiger partial charge in [-0.3, -0.25) is 0 Å². The third kappa shape index (κ3) is 1.41. The molecule has 3 rings (SSSR count). The van der Waals surface area contributed by atoms with Crippen LogP contribution in [0.3, 0.4) is 0 Å². The van der Waals surface area contributed by atoms with Crippen molar-refractivity contribution in [1.82, 2.24) is 5.32 Å². The quantitative estimate of drug-likeness (QED) is 0.734. The van der Waals surface area contributed by atoms with Crippen molar-refractivity contribution in [1.29, 1.82) is 5.26 Å². The van der Waals surface area contributed by atoms with Gasteiger partial charge in [-0.25, -0.2) is 0 Å². The Bertz CT molecular complexity index is 306. The summed E-state index contributed by atoms with van der Waals surface area (Å²) in [5, 5.41) is 13.0. The fourth-order valence-corrected chi connectivity index (χ4v) is 4.72. The third-order valence-corrected chi connectivity index (χ3v) is 5.40. The molecule has 0 spiro atoms. The van der Waals surface area contributed by atoms with E-state index in [0.717, 1.165) is 30.2 Å². The van der Waals surface area contributed by atoms with Gasteiger partial charge in [0.05, 0.1) is 12.0 Å². The summed E-state index contributed by atoms with van der Waals surface area (Å²) in [6, 6.07) is 3.81. The molecule has 1 aliphatic heterocycles. The van der Waals surface area contributed by atoms with Crippen molar-refractivity contribution >= 4 is 0 Å². The van der Waals surface area contributed by atoms with Gasteiger partial charge in [0, 0.05) is 12.1 Å². The Morgan fingerprint density at radius 2 is 2.12 bits per heavy atom. The van der Waals surface area contributed by atoms with Crippen LogP contribution in [0.4, 0.5) is 0 Å². The molecule has 16 heavy (non-hydrogen) atoms. The Kier molecular flexibility index (Phi) is 2.67. The Hall–Kier alpha value is -0.550. The van der Waals surface area contributed by atoms with E-state index in [2.05, 4.69) is 18.3 Å². The molecule has 6 atom stereocenters. The smallest absolute Gasteiger partial charge is 0.0672 e. The lowest BCUT2D eigenvalue weighted by molar-refractivity contribution is 0.195. The standard InChI is InChI=1S/C14H22N2/c1-2-9-6-7-12-13(9)11-5-3-4-10(8-15)14(11)16-12/h9-14,16H,2-7H2,1H3. The summed E-state index contributed by atoms with van der Waals surface area (Å²) in [5.74, 6) is 2.94. The van der Waals surface area contributed by atoms with Crippen LogP contribution in [0, 0.1) is 35.0 Å². The molecule has 88 valence electrons. The summed E-state index contributed by atoms with van der Waals surface area (Å²) < 4.78 is 0. The van der Waals surface area contributed by atoms with Gasteiger partial charge in [0.25, 0.3) is 0 Å². The SMILES string of the molecule is CCC1CCC2NC3C(C#N)CCCC3C12. The molecule has 2 saturated carbocycles. The fourth-order valence-electron chi connectivity index (χ4n) is 4.72. The molecule has 2 nitrogen and oxygen atoms in total. The second kappa shape index (κ2) is 4.04. The zero-order valence-electron chi connectivity index (χ0n) is 10.2. The van der Waals surface area contributed by atoms with Gasteiger partial charge in [0.2, 0.25) is 0 Å². The number of nitriles is 1. The molecule has 0 radical (unpaired) electrons. The Labute approximate surface area is 98.4 Å². The van der Waals surface area contributed by atoms with Crippen LogP contribution in [0.1, 0.15) is 45.4 Å². The number of nitrogens with one attached hydrogen (secondary N) is 1. The first-order valence-electron chi connectivity index (χ1n) is 7.00. The molecule has 2 aliphatic carbocycles. The van der Waals surface area contributed by atoms with Crippen LogP contribution < -0.4 is 5.32 Å². The molecule has 0 amide bonds. The minimum atomic E-state index is 0.293. The van der Waals surface area contributed by atoms with Gasteiger partial charge >= 0.3 is 0 Å². The van der Waals surface area contributed by atoms with E-state index in [1.165, 1.54) is 32.1 Å². The van der Waals surface area contributed by atoms with E-state index in [1.54, 1.807) is 0 Å². The largest absolute Gasteiger partial charge is 0.309 e. The maximum absolute atomic E-state index is 9.23. The summed E-state index contributed by atoms with van der Waals surface area (Å²) in [5.41, 5.74) is 0. The van der Waals surface area contributed by atoms with Crippen molar-refractivity contribution in [2.24, 2.45) is 23.7 Å². The maximum atomic E-state index is 9.23. The summed E-state index contributed by atoms with van der Waals surface area (Å²) in [6.07, 6.45) is 7.88. The van der Waals surface area contributed by atoms with Crippen LogP contribution in [0.5, 0.6) is 0 Å². The number of fused-ring (bicyclic) bond motifs is 3. The predicted octanol–water partition coefficient (Wildman–Crippen LogP) is 2.70. The number of nitrogens with zero attached hydrogens (tertiary/aromatic N) is 1. The first-order valence-corrected chi connectivity index (χ1v) is 7.00. The third-order valence-electron chi connectivity index (χ3n) is 5.40. The number of hydrogen-bond donors (Lipinski definition) is 1. The predicted molar refractivity (Wildman–Crippen MR) is 63.7 cm³/mol. The van der Waals surface area contributed by atoms with Crippen LogP contribution in [-0.4, -0.2) is 12.1 Å². The van der Waals surface area contributed by atoms with E-state index >= 15 is 0 Å². The molecule has 2 heteroatoms. The monoisotopic (exact) mass is 218 g/mol. The Morgan fingerprint density at radius 3 is 2.88 bits per heavy atom. The molecule has 3 aliphatic rings. The van der Waals surface area contributed by atoms with Crippen LogP contribution in [0.25, 0.3) is 0 Å². The van der Waals surface area contributed by atoms with Gasteiger partial charge in [-0.15, -0.1) is 0 Å². The van der Waals surface area contributed by atoms with Crippen molar-refractivity contribution < 1.29 is 0 Å². The van der Waals surface area contributed by atoms with Gasteiger partial charge in [0.1, 0.15) is 0 Å². The fraction of sp³-hybridized carbons (Fsp3) is 0.929. The van der Waals surface area contributed by atoms with Gasteiger partial charge in [-0.05, 0) is 43.4 Å². The van der Waals surface area contributed by atoms with E-state index in [-0.39, 0.29) is 0 Å². The molecule has 0 bridgehead atoms. The van der Waals surface area contributed by atoms with E-state index in [4.69, 9.17) is 0 Å². The maximum Gasteiger partial charge on any atom is 0.0672 e. The molecule has 3 fully saturated rings. The Morgan fingerprint density at radius 1 is 1.25 bits per heavy atom. The van der Waals surface area contributed by atoms with Crippen LogP contribution >= 0.6 is 0 Å². The minimum Gasteiger partial charge on any atom is -0.309 e. The zero-order valence-corrected chi connectivity index (χ0v) is 10.2. The average Bonchev–Trinajstić information content (AvgIpc) is 2.86. The van der Waals surface area contributed by atoms with Crippen molar-refractivity contribution in [2.75, 3.05) is 0 Å². The summed E-state index contributed by atoms with van der Waals surface area (Å²) in [7, 11) is 0. The highest BCUT2D eigenvalue weighted by atomic mass is 15.0. The van der Waals surface area contributed by atoms with Crippen molar-refractivity contribution in [2.45, 2.75) is 57.5 Å².